The summed E-state index contributed by atoms with van der Waals surface area (Å²) in [6, 6.07) is 15.8. The molecule has 0 radical (unpaired) electrons. The van der Waals surface area contributed by atoms with E-state index < -0.39 is 5.97 Å². The van der Waals surface area contributed by atoms with Gasteiger partial charge < -0.3 is 9.47 Å². The van der Waals surface area contributed by atoms with E-state index in [9.17, 15) is 9.59 Å². The largest absolute Gasteiger partial charge is 0.489 e. The zero-order valence-corrected chi connectivity index (χ0v) is 14.3. The number of hydrogen-bond donors (Lipinski definition) is 0. The number of hydrogen-bond acceptors (Lipinski definition) is 5. The lowest BCUT2D eigenvalue weighted by atomic mass is 10.1. The summed E-state index contributed by atoms with van der Waals surface area (Å²) in [5.41, 5.74) is 1.81. The fourth-order valence-corrected chi connectivity index (χ4v) is 2.42. The molecule has 0 aliphatic heterocycles. The fraction of sp³-hybridized carbons (Fsp3) is 0.150. The number of Topliss-reactive ketones (excluding diaryl/α,β-unsaturated/α-hetero) is 1. The molecule has 0 saturated carbocycles. The van der Waals surface area contributed by atoms with Crippen LogP contribution in [0.4, 0.5) is 0 Å². The van der Waals surface area contributed by atoms with Crippen molar-refractivity contribution >= 4 is 11.8 Å². The molecule has 1 aromatic heterocycles. The van der Waals surface area contributed by atoms with Crippen LogP contribution in [-0.2, 0) is 4.74 Å². The van der Waals surface area contributed by atoms with Crippen molar-refractivity contribution in [3.63, 3.8) is 0 Å². The van der Waals surface area contributed by atoms with E-state index >= 15 is 0 Å². The Balaban J connectivity index is 1.51. The van der Waals surface area contributed by atoms with Crippen molar-refractivity contribution in [1.29, 1.82) is 0 Å². The molecule has 6 heteroatoms. The number of benzene rings is 2. The van der Waals surface area contributed by atoms with E-state index in [1.807, 2.05) is 12.3 Å². The predicted molar refractivity (Wildman–Crippen MR) is 95.8 cm³/mol. The molecule has 2 aromatic carbocycles. The van der Waals surface area contributed by atoms with E-state index in [1.165, 1.54) is 6.92 Å². The van der Waals surface area contributed by atoms with E-state index in [2.05, 4.69) is 5.10 Å². The second-order valence-corrected chi connectivity index (χ2v) is 5.53. The topological polar surface area (TPSA) is 70.4 Å². The van der Waals surface area contributed by atoms with E-state index in [0.717, 1.165) is 5.69 Å². The fourth-order valence-electron chi connectivity index (χ4n) is 2.42. The number of ketones is 1. The van der Waals surface area contributed by atoms with Gasteiger partial charge in [-0.1, -0.05) is 12.1 Å². The van der Waals surface area contributed by atoms with Crippen LogP contribution >= 0.6 is 0 Å². The van der Waals surface area contributed by atoms with Crippen molar-refractivity contribution in [1.82, 2.24) is 9.78 Å². The Kier molecular flexibility index (Phi) is 5.43. The van der Waals surface area contributed by atoms with Crippen molar-refractivity contribution in [2.75, 3.05) is 13.2 Å². The zero-order valence-electron chi connectivity index (χ0n) is 14.3. The second-order valence-electron chi connectivity index (χ2n) is 5.53. The molecule has 0 N–H and O–H groups in total. The van der Waals surface area contributed by atoms with Gasteiger partial charge in [0.1, 0.15) is 19.0 Å². The lowest BCUT2D eigenvalue weighted by Crippen LogP contribution is -2.13. The van der Waals surface area contributed by atoms with Crippen molar-refractivity contribution in [3.05, 3.63) is 78.1 Å². The SMILES string of the molecule is CC(=O)c1ccccc1OCCOC(=O)c1ccc(-n2cccn2)cc1. The van der Waals surface area contributed by atoms with E-state index in [-0.39, 0.29) is 19.0 Å². The maximum Gasteiger partial charge on any atom is 0.338 e. The van der Waals surface area contributed by atoms with Crippen LogP contribution in [0.1, 0.15) is 27.6 Å². The predicted octanol–water partition coefficient (Wildman–Crippen LogP) is 3.31. The minimum absolute atomic E-state index is 0.0742. The first kappa shape index (κ1) is 17.4. The Hall–Kier alpha value is -3.41. The van der Waals surface area contributed by atoms with Gasteiger partial charge in [-0.25, -0.2) is 9.48 Å². The molecule has 3 rings (SSSR count). The summed E-state index contributed by atoms with van der Waals surface area (Å²) in [6.07, 6.45) is 3.51. The van der Waals surface area contributed by atoms with E-state index in [1.54, 1.807) is 59.4 Å². The minimum Gasteiger partial charge on any atom is -0.489 e. The van der Waals surface area contributed by atoms with Crippen LogP contribution in [0.25, 0.3) is 5.69 Å². The number of rotatable bonds is 7. The highest BCUT2D eigenvalue weighted by Gasteiger charge is 2.09. The summed E-state index contributed by atoms with van der Waals surface area (Å²) >= 11 is 0. The Morgan fingerprint density at radius 2 is 1.77 bits per heavy atom. The molecule has 3 aromatic rings. The molecule has 26 heavy (non-hydrogen) atoms. The summed E-state index contributed by atoms with van der Waals surface area (Å²) in [5, 5.41) is 4.13. The molecule has 1 heterocycles. The highest BCUT2D eigenvalue weighted by molar-refractivity contribution is 5.96. The van der Waals surface area contributed by atoms with Crippen LogP contribution in [0.2, 0.25) is 0 Å². The summed E-state index contributed by atoms with van der Waals surface area (Å²) in [7, 11) is 0. The lowest BCUT2D eigenvalue weighted by Gasteiger charge is -2.10. The van der Waals surface area contributed by atoms with Crippen molar-refractivity contribution in [3.8, 4) is 11.4 Å². The van der Waals surface area contributed by atoms with E-state index in [0.29, 0.717) is 16.9 Å². The monoisotopic (exact) mass is 350 g/mol. The first-order chi connectivity index (χ1) is 12.6. The van der Waals surface area contributed by atoms with Gasteiger partial charge in [-0.2, -0.15) is 5.10 Å². The van der Waals surface area contributed by atoms with Gasteiger partial charge in [-0.3, -0.25) is 4.79 Å². The summed E-state index contributed by atoms with van der Waals surface area (Å²) in [6.45, 7) is 1.74. The quantitative estimate of drug-likeness (QED) is 0.371. The van der Waals surface area contributed by atoms with Crippen LogP contribution in [0, 0.1) is 0 Å². The minimum atomic E-state index is -0.430. The molecular weight excluding hydrogens is 332 g/mol. The average molecular weight is 350 g/mol. The number of nitrogens with zero attached hydrogens (tertiary/aromatic N) is 2. The van der Waals surface area contributed by atoms with Gasteiger partial charge in [0.2, 0.25) is 0 Å². The molecule has 0 amide bonds. The molecule has 0 fully saturated rings. The number of para-hydroxylation sites is 1. The molecule has 0 atom stereocenters. The third-order valence-electron chi connectivity index (χ3n) is 3.71. The van der Waals surface area contributed by atoms with Gasteiger partial charge in [-0.05, 0) is 49.4 Å². The third kappa shape index (κ3) is 4.16. The Bertz CT molecular complexity index is 886. The van der Waals surface area contributed by atoms with Gasteiger partial charge in [-0.15, -0.1) is 0 Å². The number of esters is 1. The highest BCUT2D eigenvalue weighted by Crippen LogP contribution is 2.18. The van der Waals surface area contributed by atoms with Gasteiger partial charge in [0.25, 0.3) is 0 Å². The van der Waals surface area contributed by atoms with Gasteiger partial charge in [0.05, 0.1) is 16.8 Å². The molecule has 132 valence electrons. The van der Waals surface area contributed by atoms with Gasteiger partial charge in [0, 0.05) is 12.4 Å². The Morgan fingerprint density at radius 1 is 1.00 bits per heavy atom. The van der Waals surface area contributed by atoms with Crippen molar-refractivity contribution in [2.45, 2.75) is 6.92 Å². The molecule has 0 aliphatic carbocycles. The highest BCUT2D eigenvalue weighted by atomic mass is 16.6. The van der Waals surface area contributed by atoms with E-state index in [4.69, 9.17) is 9.47 Å². The molecule has 0 aliphatic rings. The number of carbonyl (C=O) groups is 2. The smallest absolute Gasteiger partial charge is 0.338 e. The number of carbonyl (C=O) groups excluding carboxylic acids is 2. The average Bonchev–Trinajstić information content (AvgIpc) is 3.20. The first-order valence-corrected chi connectivity index (χ1v) is 8.15. The normalized spacial score (nSPS) is 10.3. The van der Waals surface area contributed by atoms with Crippen LogP contribution in [0.3, 0.4) is 0 Å². The second kappa shape index (κ2) is 8.11. The summed E-state index contributed by atoms with van der Waals surface area (Å²) < 4.78 is 12.5. The Morgan fingerprint density at radius 3 is 2.46 bits per heavy atom. The van der Waals surface area contributed by atoms with Gasteiger partial charge >= 0.3 is 5.97 Å². The third-order valence-corrected chi connectivity index (χ3v) is 3.71. The molecule has 0 spiro atoms. The van der Waals surface area contributed by atoms with Crippen molar-refractivity contribution in [2.24, 2.45) is 0 Å². The number of ether oxygens (including phenoxy) is 2. The molecule has 0 saturated heterocycles. The standard InChI is InChI=1S/C20H18N2O4/c1-15(23)18-5-2-3-6-19(18)25-13-14-26-20(24)16-7-9-17(10-8-16)22-12-4-11-21-22/h2-12H,13-14H2,1H3. The van der Waals surface area contributed by atoms with Gasteiger partial charge in [0.15, 0.2) is 5.78 Å². The molecular formula is C20H18N2O4. The summed E-state index contributed by atoms with van der Waals surface area (Å²) in [5.74, 6) is -0.0186. The Labute approximate surface area is 151 Å². The lowest BCUT2D eigenvalue weighted by molar-refractivity contribution is 0.0449. The van der Waals surface area contributed by atoms with Crippen LogP contribution in [0.5, 0.6) is 5.75 Å². The van der Waals surface area contributed by atoms with Crippen LogP contribution in [0.15, 0.2) is 67.0 Å². The van der Waals surface area contributed by atoms with Crippen LogP contribution in [-0.4, -0.2) is 34.7 Å². The maximum atomic E-state index is 12.1. The summed E-state index contributed by atoms with van der Waals surface area (Å²) in [4.78, 5) is 23.6. The zero-order chi connectivity index (χ0) is 18.4. The molecule has 0 unspecified atom stereocenters. The maximum absolute atomic E-state index is 12.1. The molecule has 0 bridgehead atoms. The first-order valence-electron chi connectivity index (χ1n) is 8.15. The molecule has 6 nitrogen and oxygen atoms in total. The van der Waals surface area contributed by atoms with Crippen molar-refractivity contribution < 1.29 is 19.1 Å². The van der Waals surface area contributed by atoms with Crippen LogP contribution < -0.4 is 4.74 Å². The number of aromatic nitrogens is 2.